The molecule has 0 amide bonds. The SMILES string of the molecule is CCC1(CC)c2ccccc2-c2ccc(C3Nc4ccccc4N3c3ccccc3)cc21. The molecular formula is C30H28N2. The minimum Gasteiger partial charge on any atom is -0.359 e. The predicted octanol–water partition coefficient (Wildman–Crippen LogP) is 8.04. The molecule has 1 heterocycles. The van der Waals surface area contributed by atoms with Gasteiger partial charge in [0.15, 0.2) is 0 Å². The maximum absolute atomic E-state index is 3.80. The van der Waals surface area contributed by atoms with Crippen LogP contribution in [0.1, 0.15) is 49.5 Å². The summed E-state index contributed by atoms with van der Waals surface area (Å²) in [6, 6.07) is 35.5. The first-order chi connectivity index (χ1) is 15.8. The minimum atomic E-state index is 0.0650. The van der Waals surface area contributed by atoms with E-state index in [1.807, 2.05) is 0 Å². The summed E-state index contributed by atoms with van der Waals surface area (Å²) < 4.78 is 0. The Kier molecular flexibility index (Phi) is 4.36. The van der Waals surface area contributed by atoms with Crippen LogP contribution in [0.2, 0.25) is 0 Å². The third-order valence-electron chi connectivity index (χ3n) is 7.56. The average molecular weight is 417 g/mol. The van der Waals surface area contributed by atoms with E-state index in [1.165, 1.54) is 44.9 Å². The minimum absolute atomic E-state index is 0.0650. The van der Waals surface area contributed by atoms with Crippen LogP contribution < -0.4 is 10.2 Å². The molecule has 2 nitrogen and oxygen atoms in total. The van der Waals surface area contributed by atoms with Gasteiger partial charge < -0.3 is 10.2 Å². The second-order valence-corrected chi connectivity index (χ2v) is 8.91. The van der Waals surface area contributed by atoms with Gasteiger partial charge >= 0.3 is 0 Å². The fraction of sp³-hybridized carbons (Fsp3) is 0.200. The molecule has 0 aromatic heterocycles. The van der Waals surface area contributed by atoms with Gasteiger partial charge in [-0.3, -0.25) is 0 Å². The normalized spacial score (nSPS) is 17.4. The number of benzene rings is 4. The van der Waals surface area contributed by atoms with Gasteiger partial charge in [-0.15, -0.1) is 0 Å². The number of rotatable bonds is 4. The molecule has 4 aromatic carbocycles. The fourth-order valence-corrected chi connectivity index (χ4v) is 5.92. The van der Waals surface area contributed by atoms with Gasteiger partial charge in [-0.2, -0.15) is 0 Å². The molecule has 1 aliphatic carbocycles. The Bertz CT molecular complexity index is 1290. The molecule has 158 valence electrons. The van der Waals surface area contributed by atoms with Crippen LogP contribution in [0.15, 0.2) is 97.1 Å². The number of nitrogens with one attached hydrogen (secondary N) is 1. The number of hydrogen-bond acceptors (Lipinski definition) is 2. The smallest absolute Gasteiger partial charge is 0.130 e. The number of nitrogens with zero attached hydrogens (tertiary/aromatic N) is 1. The van der Waals surface area contributed by atoms with Crippen LogP contribution in [0.4, 0.5) is 17.1 Å². The first-order valence-electron chi connectivity index (χ1n) is 11.7. The molecule has 1 aliphatic heterocycles. The lowest BCUT2D eigenvalue weighted by atomic mass is 9.73. The van der Waals surface area contributed by atoms with Crippen molar-refractivity contribution in [2.45, 2.75) is 38.3 Å². The zero-order chi connectivity index (χ0) is 21.7. The summed E-state index contributed by atoms with van der Waals surface area (Å²) in [5.41, 5.74) is 10.8. The largest absolute Gasteiger partial charge is 0.359 e. The number of hydrogen-bond donors (Lipinski definition) is 1. The van der Waals surface area contributed by atoms with Gasteiger partial charge in [0.1, 0.15) is 6.17 Å². The Hall–Kier alpha value is -3.52. The molecule has 2 aliphatic rings. The first kappa shape index (κ1) is 19.2. The molecule has 0 radical (unpaired) electrons. The summed E-state index contributed by atoms with van der Waals surface area (Å²) in [5, 5.41) is 3.80. The summed E-state index contributed by atoms with van der Waals surface area (Å²) in [6.07, 6.45) is 2.28. The third-order valence-corrected chi connectivity index (χ3v) is 7.56. The van der Waals surface area contributed by atoms with E-state index >= 15 is 0 Å². The second-order valence-electron chi connectivity index (χ2n) is 8.91. The molecule has 1 N–H and O–H groups in total. The Morgan fingerprint density at radius 2 is 1.41 bits per heavy atom. The fourth-order valence-electron chi connectivity index (χ4n) is 5.92. The van der Waals surface area contributed by atoms with Gasteiger partial charge in [-0.05, 0) is 64.9 Å². The number of fused-ring (bicyclic) bond motifs is 4. The van der Waals surface area contributed by atoms with E-state index in [9.17, 15) is 0 Å². The summed E-state index contributed by atoms with van der Waals surface area (Å²) in [4.78, 5) is 2.43. The lowest BCUT2D eigenvalue weighted by Gasteiger charge is -2.31. The maximum atomic E-state index is 3.80. The highest BCUT2D eigenvalue weighted by Crippen LogP contribution is 2.54. The molecule has 32 heavy (non-hydrogen) atoms. The second kappa shape index (κ2) is 7.27. The lowest BCUT2D eigenvalue weighted by molar-refractivity contribution is 0.490. The lowest BCUT2D eigenvalue weighted by Crippen LogP contribution is -2.26. The Balaban J connectivity index is 1.51. The molecule has 0 spiro atoms. The quantitative estimate of drug-likeness (QED) is 0.362. The van der Waals surface area contributed by atoms with Crippen molar-refractivity contribution in [1.82, 2.24) is 0 Å². The summed E-state index contributed by atoms with van der Waals surface area (Å²) >= 11 is 0. The molecular weight excluding hydrogens is 388 g/mol. The van der Waals surface area contributed by atoms with Gasteiger partial charge in [-0.1, -0.05) is 86.6 Å². The van der Waals surface area contributed by atoms with Crippen molar-refractivity contribution in [3.63, 3.8) is 0 Å². The molecule has 0 bridgehead atoms. The van der Waals surface area contributed by atoms with Crippen molar-refractivity contribution in [2.24, 2.45) is 0 Å². The summed E-state index contributed by atoms with van der Waals surface area (Å²) in [5.74, 6) is 0. The Labute approximate surface area is 190 Å². The van der Waals surface area contributed by atoms with E-state index in [0.29, 0.717) is 0 Å². The van der Waals surface area contributed by atoms with Crippen LogP contribution in [0.5, 0.6) is 0 Å². The summed E-state index contributed by atoms with van der Waals surface area (Å²) in [6.45, 7) is 4.67. The van der Waals surface area contributed by atoms with Crippen molar-refractivity contribution < 1.29 is 0 Å². The molecule has 4 aromatic rings. The maximum Gasteiger partial charge on any atom is 0.130 e. The van der Waals surface area contributed by atoms with Crippen LogP contribution in [0.25, 0.3) is 11.1 Å². The predicted molar refractivity (Wildman–Crippen MR) is 135 cm³/mol. The molecule has 1 atom stereocenters. The first-order valence-corrected chi connectivity index (χ1v) is 11.7. The van der Waals surface area contributed by atoms with Crippen molar-refractivity contribution in [2.75, 3.05) is 10.2 Å². The van der Waals surface area contributed by atoms with E-state index in [4.69, 9.17) is 0 Å². The van der Waals surface area contributed by atoms with Crippen molar-refractivity contribution in [3.8, 4) is 11.1 Å². The zero-order valence-corrected chi connectivity index (χ0v) is 18.7. The van der Waals surface area contributed by atoms with Gasteiger partial charge in [0.25, 0.3) is 0 Å². The van der Waals surface area contributed by atoms with Crippen molar-refractivity contribution in [1.29, 1.82) is 0 Å². The molecule has 0 saturated carbocycles. The third kappa shape index (κ3) is 2.59. The zero-order valence-electron chi connectivity index (χ0n) is 18.7. The monoisotopic (exact) mass is 416 g/mol. The standard InChI is InChI=1S/C30H28N2/c1-3-30(4-2)25-15-9-8-14-23(25)24-19-18-21(20-26(24)30)29-31-27-16-10-11-17-28(27)32(29)22-12-6-5-7-13-22/h5-20,29,31H,3-4H2,1-2H3. The summed E-state index contributed by atoms with van der Waals surface area (Å²) in [7, 11) is 0. The van der Waals surface area contributed by atoms with Gasteiger partial charge in [0.2, 0.25) is 0 Å². The van der Waals surface area contributed by atoms with Gasteiger partial charge in [-0.25, -0.2) is 0 Å². The van der Waals surface area contributed by atoms with E-state index in [1.54, 1.807) is 0 Å². The van der Waals surface area contributed by atoms with Crippen LogP contribution in [-0.4, -0.2) is 0 Å². The van der Waals surface area contributed by atoms with E-state index in [0.717, 1.165) is 12.8 Å². The van der Waals surface area contributed by atoms with Crippen LogP contribution in [-0.2, 0) is 5.41 Å². The molecule has 2 heteroatoms. The highest BCUT2D eigenvalue weighted by molar-refractivity contribution is 5.85. The molecule has 0 saturated heterocycles. The van der Waals surface area contributed by atoms with Crippen LogP contribution in [0.3, 0.4) is 0 Å². The van der Waals surface area contributed by atoms with Crippen LogP contribution in [0, 0.1) is 0 Å². The van der Waals surface area contributed by atoms with E-state index < -0.39 is 0 Å². The number of para-hydroxylation sites is 3. The van der Waals surface area contributed by atoms with Gasteiger partial charge in [0.05, 0.1) is 11.4 Å². The molecule has 1 unspecified atom stereocenters. The van der Waals surface area contributed by atoms with Gasteiger partial charge in [0, 0.05) is 11.1 Å². The Morgan fingerprint density at radius 3 is 2.22 bits per heavy atom. The van der Waals surface area contributed by atoms with Crippen molar-refractivity contribution in [3.05, 3.63) is 114 Å². The van der Waals surface area contributed by atoms with E-state index in [2.05, 4.69) is 121 Å². The molecule has 0 fully saturated rings. The Morgan fingerprint density at radius 1 is 0.719 bits per heavy atom. The molecule has 6 rings (SSSR count). The van der Waals surface area contributed by atoms with Crippen LogP contribution >= 0.6 is 0 Å². The topological polar surface area (TPSA) is 15.3 Å². The van der Waals surface area contributed by atoms with E-state index in [-0.39, 0.29) is 11.6 Å². The highest BCUT2D eigenvalue weighted by atomic mass is 15.3. The average Bonchev–Trinajstić information content (AvgIpc) is 3.38. The highest BCUT2D eigenvalue weighted by Gasteiger charge is 2.41. The number of anilines is 3. The van der Waals surface area contributed by atoms with Crippen molar-refractivity contribution >= 4 is 17.1 Å².